The highest BCUT2D eigenvalue weighted by Crippen LogP contribution is 2.39. The van der Waals surface area contributed by atoms with Crippen LogP contribution in [-0.2, 0) is 0 Å². The number of nitrogens with zero attached hydrogens (tertiary/aromatic N) is 7. The Morgan fingerprint density at radius 2 is 1.69 bits per heavy atom. The molecule has 3 aromatic heterocycles. The number of azo groups is 1. The number of fused-ring (bicyclic) bond motifs is 1. The highest BCUT2D eigenvalue weighted by Gasteiger charge is 2.20. The van der Waals surface area contributed by atoms with Gasteiger partial charge in [-0.05, 0) is 29.7 Å². The third-order valence-corrected chi connectivity index (χ3v) is 5.14. The average Bonchev–Trinajstić information content (AvgIpc) is 3.34. The van der Waals surface area contributed by atoms with Gasteiger partial charge in [0.2, 0.25) is 5.82 Å². The van der Waals surface area contributed by atoms with Gasteiger partial charge in [-0.2, -0.15) is 0 Å². The molecular weight excluding hydrogens is 462 g/mol. The topological polar surface area (TPSA) is 174 Å². The van der Waals surface area contributed by atoms with Crippen molar-refractivity contribution in [2.75, 3.05) is 5.32 Å². The highest BCUT2D eigenvalue weighted by atomic mass is 16.3. The van der Waals surface area contributed by atoms with Crippen molar-refractivity contribution in [2.45, 2.75) is 0 Å². The number of hydrogen-bond donors (Lipinski definition) is 3. The molecule has 0 atom stereocenters. The summed E-state index contributed by atoms with van der Waals surface area (Å²) >= 11 is 0. The first-order valence-electron chi connectivity index (χ1n) is 10.6. The van der Waals surface area contributed by atoms with Crippen LogP contribution in [0, 0.1) is 0 Å². The summed E-state index contributed by atoms with van der Waals surface area (Å²) in [7, 11) is 0. The molecule has 0 saturated heterocycles. The van der Waals surface area contributed by atoms with Gasteiger partial charge in [0.1, 0.15) is 11.3 Å². The molecule has 0 saturated carbocycles. The molecule has 176 valence electrons. The summed E-state index contributed by atoms with van der Waals surface area (Å²) in [6.45, 7) is 0. The first-order chi connectivity index (χ1) is 17.5. The average molecular weight is 479 g/mol. The van der Waals surface area contributed by atoms with Crippen molar-refractivity contribution in [3.63, 3.8) is 0 Å². The minimum atomic E-state index is -0.786. The number of primary amides is 1. The van der Waals surface area contributed by atoms with Crippen LogP contribution >= 0.6 is 0 Å². The molecular formula is C24H17N9O3. The molecule has 3 heterocycles. The molecule has 0 aliphatic heterocycles. The van der Waals surface area contributed by atoms with E-state index in [9.17, 15) is 14.7 Å². The van der Waals surface area contributed by atoms with Gasteiger partial charge in [-0.1, -0.05) is 24.3 Å². The van der Waals surface area contributed by atoms with Crippen molar-refractivity contribution >= 4 is 39.8 Å². The number of phenols is 1. The molecule has 4 N–H and O–H groups in total. The van der Waals surface area contributed by atoms with Gasteiger partial charge in [-0.3, -0.25) is 14.6 Å². The second-order valence-corrected chi connectivity index (χ2v) is 7.46. The second kappa shape index (κ2) is 9.38. The number of nitrogens with one attached hydrogen (secondary N) is 1. The Hall–Kier alpha value is -5.52. The fourth-order valence-electron chi connectivity index (χ4n) is 3.45. The third-order valence-electron chi connectivity index (χ3n) is 5.14. The first-order valence-corrected chi connectivity index (χ1v) is 10.6. The zero-order valence-corrected chi connectivity index (χ0v) is 18.5. The molecule has 2 amide bonds. The molecule has 2 aromatic carbocycles. The van der Waals surface area contributed by atoms with Gasteiger partial charge >= 0.3 is 0 Å². The van der Waals surface area contributed by atoms with Gasteiger partial charge in [0, 0.05) is 42.1 Å². The largest absolute Gasteiger partial charge is 0.505 e. The number of rotatable bonds is 6. The number of pyridine rings is 1. The van der Waals surface area contributed by atoms with Crippen molar-refractivity contribution in [3.8, 4) is 11.7 Å². The molecule has 0 unspecified atom stereocenters. The molecule has 0 aliphatic carbocycles. The van der Waals surface area contributed by atoms with Gasteiger partial charge in [0.15, 0.2) is 5.75 Å². The van der Waals surface area contributed by atoms with Crippen LogP contribution < -0.4 is 11.1 Å². The molecule has 36 heavy (non-hydrogen) atoms. The lowest BCUT2D eigenvalue weighted by molar-refractivity contribution is 0.0997. The summed E-state index contributed by atoms with van der Waals surface area (Å²) in [4.78, 5) is 37.0. The Morgan fingerprint density at radius 3 is 2.44 bits per heavy atom. The third kappa shape index (κ3) is 4.33. The molecule has 5 rings (SSSR count). The smallest absolute Gasteiger partial charge is 0.259 e. The molecule has 0 spiro atoms. The zero-order chi connectivity index (χ0) is 25.1. The maximum Gasteiger partial charge on any atom is 0.259 e. The maximum absolute atomic E-state index is 13.0. The molecule has 0 aliphatic rings. The fourth-order valence-corrected chi connectivity index (χ4v) is 3.45. The van der Waals surface area contributed by atoms with E-state index in [0.717, 1.165) is 0 Å². The van der Waals surface area contributed by atoms with E-state index in [1.165, 1.54) is 35.7 Å². The molecule has 0 fully saturated rings. The van der Waals surface area contributed by atoms with E-state index in [2.05, 4.69) is 35.6 Å². The van der Waals surface area contributed by atoms with Gasteiger partial charge in [-0.15, -0.1) is 15.3 Å². The summed E-state index contributed by atoms with van der Waals surface area (Å²) in [5, 5.41) is 27.3. The number of anilines is 1. The second-order valence-electron chi connectivity index (χ2n) is 7.46. The number of aromatic hydroxyl groups is 1. The standard InChI is InChI=1S/C24H17N9O3/c25-21(35)18-13-33(24-27-8-3-9-28-24)32-22(18)31-30-19-16-5-2-1-4-14(16)12-17(20(19)34)23(36)29-15-6-10-26-11-7-15/h1-13,34H,(H2,25,35)(H,26,29,36). The van der Waals surface area contributed by atoms with Crippen molar-refractivity contribution in [2.24, 2.45) is 16.0 Å². The molecule has 12 heteroatoms. The Balaban J connectivity index is 1.58. The summed E-state index contributed by atoms with van der Waals surface area (Å²) in [5.74, 6) is -1.64. The normalized spacial score (nSPS) is 11.1. The number of benzene rings is 2. The zero-order valence-electron chi connectivity index (χ0n) is 18.5. The summed E-state index contributed by atoms with van der Waals surface area (Å²) < 4.78 is 1.24. The van der Waals surface area contributed by atoms with Gasteiger partial charge in [0.05, 0.1) is 5.56 Å². The molecule has 12 nitrogen and oxygen atoms in total. The monoisotopic (exact) mass is 479 g/mol. The van der Waals surface area contributed by atoms with Crippen LogP contribution in [-0.4, -0.2) is 41.7 Å². The lowest BCUT2D eigenvalue weighted by atomic mass is 10.0. The van der Waals surface area contributed by atoms with Crippen molar-refractivity contribution in [1.82, 2.24) is 24.7 Å². The summed E-state index contributed by atoms with van der Waals surface area (Å²) in [6.07, 6.45) is 7.43. The van der Waals surface area contributed by atoms with Crippen LogP contribution in [0.3, 0.4) is 0 Å². The fraction of sp³-hybridized carbons (Fsp3) is 0. The maximum atomic E-state index is 13.0. The Morgan fingerprint density at radius 1 is 0.944 bits per heavy atom. The highest BCUT2D eigenvalue weighted by molar-refractivity contribution is 6.11. The van der Waals surface area contributed by atoms with Gasteiger partial charge < -0.3 is 16.2 Å². The first kappa shape index (κ1) is 22.3. The Bertz CT molecular complexity index is 1620. The van der Waals surface area contributed by atoms with E-state index in [1.54, 1.807) is 48.5 Å². The molecule has 0 bridgehead atoms. The lowest BCUT2D eigenvalue weighted by Crippen LogP contribution is -2.12. The number of aromatic nitrogens is 5. The number of amides is 2. The molecule has 5 aromatic rings. The quantitative estimate of drug-likeness (QED) is 0.311. The summed E-state index contributed by atoms with van der Waals surface area (Å²) in [6, 6.07) is 13.5. The number of carbonyl (C=O) groups excluding carboxylic acids is 2. The predicted octanol–water partition coefficient (Wildman–Crippen LogP) is 3.68. The van der Waals surface area contributed by atoms with Crippen LogP contribution in [0.4, 0.5) is 17.2 Å². The van der Waals surface area contributed by atoms with Crippen LogP contribution in [0.5, 0.6) is 5.75 Å². The Labute approximate surface area is 203 Å². The predicted molar refractivity (Wildman–Crippen MR) is 130 cm³/mol. The van der Waals surface area contributed by atoms with Crippen LogP contribution in [0.25, 0.3) is 16.7 Å². The van der Waals surface area contributed by atoms with E-state index >= 15 is 0 Å². The van der Waals surface area contributed by atoms with E-state index in [-0.39, 0.29) is 28.6 Å². The lowest BCUT2D eigenvalue weighted by Gasteiger charge is -2.11. The van der Waals surface area contributed by atoms with E-state index in [4.69, 9.17) is 5.73 Å². The number of nitrogens with two attached hydrogens (primary N) is 1. The SMILES string of the molecule is NC(=O)c1cn(-c2ncccn2)nc1N=Nc1c(O)c(C(=O)Nc2ccncc2)cc2ccccc12. The van der Waals surface area contributed by atoms with Gasteiger partial charge in [0.25, 0.3) is 17.8 Å². The van der Waals surface area contributed by atoms with Crippen LogP contribution in [0.15, 0.2) is 89.7 Å². The van der Waals surface area contributed by atoms with E-state index in [0.29, 0.717) is 16.5 Å². The van der Waals surface area contributed by atoms with Crippen LogP contribution in [0.1, 0.15) is 20.7 Å². The summed E-state index contributed by atoms with van der Waals surface area (Å²) in [5.41, 5.74) is 5.98. The Kier molecular flexibility index (Phi) is 5.81. The van der Waals surface area contributed by atoms with Crippen molar-refractivity contribution in [1.29, 1.82) is 0 Å². The van der Waals surface area contributed by atoms with E-state index in [1.807, 2.05) is 0 Å². The molecule has 0 radical (unpaired) electrons. The number of carbonyl (C=O) groups is 2. The van der Waals surface area contributed by atoms with Crippen LogP contribution in [0.2, 0.25) is 0 Å². The van der Waals surface area contributed by atoms with Gasteiger partial charge in [-0.25, -0.2) is 14.6 Å². The van der Waals surface area contributed by atoms with E-state index < -0.39 is 17.6 Å². The number of hydrogen-bond acceptors (Lipinski definition) is 9. The minimum absolute atomic E-state index is 0.0159. The van der Waals surface area contributed by atoms with Crippen molar-refractivity contribution < 1.29 is 14.7 Å². The van der Waals surface area contributed by atoms with Crippen molar-refractivity contribution in [3.05, 3.63) is 90.6 Å². The number of phenolic OH excluding ortho intramolecular Hbond substituents is 1. The minimum Gasteiger partial charge on any atom is -0.505 e.